The van der Waals surface area contributed by atoms with Crippen molar-refractivity contribution in [2.75, 3.05) is 13.1 Å². The first-order valence-electron chi connectivity index (χ1n) is 4.51. The molecule has 0 radical (unpaired) electrons. The fourth-order valence-corrected chi connectivity index (χ4v) is 1.23. The van der Waals surface area contributed by atoms with Crippen molar-refractivity contribution in [3.8, 4) is 0 Å². The maximum atomic E-state index is 5.78. The first-order chi connectivity index (χ1) is 5.16. The number of alkyl halides is 1. The summed E-state index contributed by atoms with van der Waals surface area (Å²) in [6.45, 7) is 8.54. The summed E-state index contributed by atoms with van der Waals surface area (Å²) in [7, 11) is 0. The van der Waals surface area contributed by atoms with Gasteiger partial charge in [0.1, 0.15) is 0 Å². The Hall–Kier alpha value is 0.250. The third-order valence-electron chi connectivity index (χ3n) is 1.70. The average molecular weight is 178 g/mol. The highest BCUT2D eigenvalue weighted by molar-refractivity contribution is 6.20. The number of halogens is 1. The van der Waals surface area contributed by atoms with Crippen LogP contribution in [0.2, 0.25) is 0 Å². The second-order valence-corrected chi connectivity index (χ2v) is 4.08. The predicted molar refractivity (Wildman–Crippen MR) is 52.3 cm³/mol. The Bertz CT molecular complexity index is 83.6. The summed E-state index contributed by atoms with van der Waals surface area (Å²) in [5.41, 5.74) is 0. The van der Waals surface area contributed by atoms with Gasteiger partial charge in [0.05, 0.1) is 0 Å². The molecule has 0 fully saturated rings. The van der Waals surface area contributed by atoms with Gasteiger partial charge >= 0.3 is 0 Å². The van der Waals surface area contributed by atoms with E-state index in [4.69, 9.17) is 11.6 Å². The highest BCUT2D eigenvalue weighted by Crippen LogP contribution is 2.02. The zero-order valence-corrected chi connectivity index (χ0v) is 8.62. The third kappa shape index (κ3) is 8.15. The Labute approximate surface area is 75.5 Å². The molecule has 0 aliphatic heterocycles. The summed E-state index contributed by atoms with van der Waals surface area (Å²) >= 11 is 5.78. The van der Waals surface area contributed by atoms with Crippen molar-refractivity contribution >= 4 is 11.6 Å². The Balaban J connectivity index is 3.10. The van der Waals surface area contributed by atoms with Crippen molar-refractivity contribution in [2.24, 2.45) is 5.92 Å². The number of nitrogens with one attached hydrogen (secondary N) is 1. The Kier molecular flexibility index (Phi) is 7.09. The summed E-state index contributed by atoms with van der Waals surface area (Å²) in [5.74, 6) is 0.787. The van der Waals surface area contributed by atoms with Crippen LogP contribution in [0.5, 0.6) is 0 Å². The minimum atomic E-state index is 0.254. The van der Waals surface area contributed by atoms with Crippen LogP contribution < -0.4 is 5.32 Å². The molecule has 11 heavy (non-hydrogen) atoms. The lowest BCUT2D eigenvalue weighted by atomic mass is 10.1. The molecule has 0 aromatic heterocycles. The van der Waals surface area contributed by atoms with Crippen LogP contribution in [-0.2, 0) is 0 Å². The van der Waals surface area contributed by atoms with E-state index in [1.165, 1.54) is 12.8 Å². The first kappa shape index (κ1) is 11.2. The normalized spacial score (nSPS) is 16.4. The average Bonchev–Trinajstić information content (AvgIpc) is 1.87. The molecule has 0 aliphatic rings. The van der Waals surface area contributed by atoms with Crippen LogP contribution in [0.15, 0.2) is 0 Å². The lowest BCUT2D eigenvalue weighted by Gasteiger charge is -2.11. The van der Waals surface area contributed by atoms with Crippen molar-refractivity contribution in [3.05, 3.63) is 0 Å². The van der Waals surface area contributed by atoms with E-state index in [1.807, 2.05) is 6.92 Å². The smallest absolute Gasteiger partial charge is 0.0432 e. The lowest BCUT2D eigenvalue weighted by molar-refractivity contribution is 0.477. The predicted octanol–water partition coefficient (Wildman–Crippen LogP) is 2.64. The zero-order chi connectivity index (χ0) is 8.69. The van der Waals surface area contributed by atoms with Gasteiger partial charge in [-0.1, -0.05) is 20.3 Å². The molecule has 2 heteroatoms. The molecule has 0 heterocycles. The largest absolute Gasteiger partial charge is 0.315 e. The lowest BCUT2D eigenvalue weighted by Crippen LogP contribution is -2.26. The van der Waals surface area contributed by atoms with E-state index in [0.29, 0.717) is 0 Å². The fourth-order valence-electron chi connectivity index (χ4n) is 1.12. The van der Waals surface area contributed by atoms with Gasteiger partial charge in [0.2, 0.25) is 0 Å². The molecule has 0 aromatic rings. The van der Waals surface area contributed by atoms with Crippen LogP contribution in [0.4, 0.5) is 0 Å². The van der Waals surface area contributed by atoms with E-state index in [-0.39, 0.29) is 5.38 Å². The van der Waals surface area contributed by atoms with Gasteiger partial charge in [-0.25, -0.2) is 0 Å². The molecule has 2 unspecified atom stereocenters. The molecule has 68 valence electrons. The van der Waals surface area contributed by atoms with Crippen molar-refractivity contribution in [1.29, 1.82) is 0 Å². The Morgan fingerprint density at radius 2 is 1.91 bits per heavy atom. The van der Waals surface area contributed by atoms with Crippen molar-refractivity contribution in [1.82, 2.24) is 5.32 Å². The van der Waals surface area contributed by atoms with Crippen LogP contribution in [0.25, 0.3) is 0 Å². The summed E-state index contributed by atoms with van der Waals surface area (Å²) in [6, 6.07) is 0. The minimum Gasteiger partial charge on any atom is -0.315 e. The Morgan fingerprint density at radius 1 is 1.27 bits per heavy atom. The molecule has 0 bridgehead atoms. The summed E-state index contributed by atoms with van der Waals surface area (Å²) in [5, 5.41) is 3.59. The van der Waals surface area contributed by atoms with Gasteiger partial charge in [-0.05, 0) is 25.8 Å². The summed E-state index contributed by atoms with van der Waals surface area (Å²) in [6.07, 6.45) is 2.59. The van der Waals surface area contributed by atoms with Crippen LogP contribution in [0, 0.1) is 5.92 Å². The monoisotopic (exact) mass is 177 g/mol. The minimum absolute atomic E-state index is 0.254. The van der Waals surface area contributed by atoms with E-state index in [9.17, 15) is 0 Å². The van der Waals surface area contributed by atoms with Crippen LogP contribution in [0.3, 0.4) is 0 Å². The van der Waals surface area contributed by atoms with Crippen LogP contribution >= 0.6 is 11.6 Å². The second kappa shape index (κ2) is 6.93. The molecule has 0 saturated carbocycles. The van der Waals surface area contributed by atoms with Crippen molar-refractivity contribution < 1.29 is 0 Å². The van der Waals surface area contributed by atoms with E-state index in [2.05, 4.69) is 19.2 Å². The molecule has 0 rings (SSSR count). The molecule has 0 saturated heterocycles. The molecule has 0 amide bonds. The first-order valence-corrected chi connectivity index (χ1v) is 4.95. The van der Waals surface area contributed by atoms with Gasteiger partial charge < -0.3 is 5.32 Å². The molecule has 0 aliphatic carbocycles. The standard InChI is InChI=1S/C9H20ClN/c1-4-5-8(2)6-11-7-9(3)10/h8-9,11H,4-7H2,1-3H3. The SMILES string of the molecule is CCCC(C)CNCC(C)Cl. The molecular weight excluding hydrogens is 158 g/mol. The van der Waals surface area contributed by atoms with Gasteiger partial charge in [0, 0.05) is 11.9 Å². The summed E-state index contributed by atoms with van der Waals surface area (Å²) in [4.78, 5) is 0. The van der Waals surface area contributed by atoms with Gasteiger partial charge in [0.25, 0.3) is 0 Å². The molecule has 2 atom stereocenters. The van der Waals surface area contributed by atoms with Gasteiger partial charge in [-0.2, -0.15) is 0 Å². The zero-order valence-electron chi connectivity index (χ0n) is 7.86. The van der Waals surface area contributed by atoms with E-state index in [1.54, 1.807) is 0 Å². The van der Waals surface area contributed by atoms with Crippen molar-refractivity contribution in [2.45, 2.75) is 39.0 Å². The van der Waals surface area contributed by atoms with E-state index >= 15 is 0 Å². The quantitative estimate of drug-likeness (QED) is 0.616. The highest BCUT2D eigenvalue weighted by atomic mass is 35.5. The van der Waals surface area contributed by atoms with Gasteiger partial charge in [-0.3, -0.25) is 0 Å². The van der Waals surface area contributed by atoms with Crippen LogP contribution in [-0.4, -0.2) is 18.5 Å². The van der Waals surface area contributed by atoms with Crippen molar-refractivity contribution in [3.63, 3.8) is 0 Å². The Morgan fingerprint density at radius 3 is 2.36 bits per heavy atom. The molecule has 1 nitrogen and oxygen atoms in total. The maximum absolute atomic E-state index is 5.78. The van der Waals surface area contributed by atoms with E-state index < -0.39 is 0 Å². The molecule has 0 spiro atoms. The number of rotatable bonds is 6. The van der Waals surface area contributed by atoms with Crippen LogP contribution in [0.1, 0.15) is 33.6 Å². The fraction of sp³-hybridized carbons (Fsp3) is 1.00. The molecular formula is C9H20ClN. The second-order valence-electron chi connectivity index (χ2n) is 3.33. The van der Waals surface area contributed by atoms with Gasteiger partial charge in [-0.15, -0.1) is 11.6 Å². The maximum Gasteiger partial charge on any atom is 0.0432 e. The number of hydrogen-bond acceptors (Lipinski definition) is 1. The number of hydrogen-bond donors (Lipinski definition) is 1. The third-order valence-corrected chi connectivity index (χ3v) is 1.85. The molecule has 1 N–H and O–H groups in total. The molecule has 0 aromatic carbocycles. The summed E-state index contributed by atoms with van der Waals surface area (Å²) < 4.78 is 0. The topological polar surface area (TPSA) is 12.0 Å². The van der Waals surface area contributed by atoms with Gasteiger partial charge in [0.15, 0.2) is 0 Å². The van der Waals surface area contributed by atoms with E-state index in [0.717, 1.165) is 19.0 Å². The highest BCUT2D eigenvalue weighted by Gasteiger charge is 2.00.